The van der Waals surface area contributed by atoms with Gasteiger partial charge in [0, 0.05) is 37.8 Å². The van der Waals surface area contributed by atoms with E-state index in [1.54, 1.807) is 4.90 Å². The molecule has 1 aliphatic rings. The minimum atomic E-state index is -0.873. The van der Waals surface area contributed by atoms with Gasteiger partial charge in [0.15, 0.2) is 0 Å². The van der Waals surface area contributed by atoms with Crippen LogP contribution >= 0.6 is 0 Å². The highest BCUT2D eigenvalue weighted by Crippen LogP contribution is 2.23. The van der Waals surface area contributed by atoms with Crippen LogP contribution in [0, 0.1) is 11.6 Å². The second-order valence-corrected chi connectivity index (χ2v) is 8.04. The van der Waals surface area contributed by atoms with E-state index in [9.17, 15) is 18.4 Å². The fourth-order valence-corrected chi connectivity index (χ4v) is 3.24. The maximum atomic E-state index is 13.8. The Bertz CT molecular complexity index is 880. The van der Waals surface area contributed by atoms with Gasteiger partial charge in [-0.25, -0.2) is 8.78 Å². The van der Waals surface area contributed by atoms with Gasteiger partial charge in [-0.2, -0.15) is 0 Å². The molecule has 0 atom stereocenters. The first kappa shape index (κ1) is 20.0. The third-order valence-corrected chi connectivity index (χ3v) is 5.01. The number of hydrogen-bond donors (Lipinski definition) is 0. The van der Waals surface area contributed by atoms with Gasteiger partial charge in [0.05, 0.1) is 5.56 Å². The van der Waals surface area contributed by atoms with Crippen LogP contribution in [-0.2, 0) is 5.41 Å². The lowest BCUT2D eigenvalue weighted by atomic mass is 9.86. The van der Waals surface area contributed by atoms with Crippen molar-refractivity contribution >= 4 is 11.8 Å². The van der Waals surface area contributed by atoms with Crippen LogP contribution in [0.15, 0.2) is 42.5 Å². The van der Waals surface area contributed by atoms with Crippen LogP contribution in [0.5, 0.6) is 0 Å². The van der Waals surface area contributed by atoms with E-state index < -0.39 is 17.5 Å². The lowest BCUT2D eigenvalue weighted by Crippen LogP contribution is -2.50. The van der Waals surface area contributed by atoms with Gasteiger partial charge in [0.2, 0.25) is 0 Å². The van der Waals surface area contributed by atoms with E-state index in [2.05, 4.69) is 20.8 Å². The molecule has 2 aromatic carbocycles. The fourth-order valence-electron chi connectivity index (χ4n) is 3.24. The van der Waals surface area contributed by atoms with Gasteiger partial charge in [-0.05, 0) is 35.2 Å². The molecule has 3 rings (SSSR count). The summed E-state index contributed by atoms with van der Waals surface area (Å²) in [7, 11) is 0. The Morgan fingerprint density at radius 3 is 1.86 bits per heavy atom. The number of carbonyl (C=O) groups excluding carboxylic acids is 2. The first-order chi connectivity index (χ1) is 13.2. The Labute approximate surface area is 163 Å². The quantitative estimate of drug-likeness (QED) is 0.786. The minimum Gasteiger partial charge on any atom is -0.335 e. The molecule has 0 aromatic heterocycles. The summed E-state index contributed by atoms with van der Waals surface area (Å²) in [6, 6.07) is 10.5. The van der Waals surface area contributed by atoms with Gasteiger partial charge in [-0.15, -0.1) is 0 Å². The third-order valence-electron chi connectivity index (χ3n) is 5.01. The zero-order valence-corrected chi connectivity index (χ0v) is 16.3. The predicted octanol–water partition coefficient (Wildman–Crippen LogP) is 3.86. The highest BCUT2D eigenvalue weighted by Gasteiger charge is 2.27. The number of piperazine rings is 1. The molecule has 0 spiro atoms. The molecule has 0 unspecified atom stereocenters. The Morgan fingerprint density at radius 1 is 0.821 bits per heavy atom. The van der Waals surface area contributed by atoms with Crippen molar-refractivity contribution in [2.45, 2.75) is 26.2 Å². The van der Waals surface area contributed by atoms with Crippen LogP contribution in [0.4, 0.5) is 8.78 Å². The molecule has 28 heavy (non-hydrogen) atoms. The van der Waals surface area contributed by atoms with Crippen molar-refractivity contribution in [3.63, 3.8) is 0 Å². The van der Waals surface area contributed by atoms with Gasteiger partial charge in [-0.3, -0.25) is 9.59 Å². The monoisotopic (exact) mass is 386 g/mol. The number of amides is 2. The van der Waals surface area contributed by atoms with Crippen LogP contribution in [-0.4, -0.2) is 47.8 Å². The number of benzene rings is 2. The molecule has 6 heteroatoms. The van der Waals surface area contributed by atoms with Crippen molar-refractivity contribution in [3.05, 3.63) is 70.8 Å². The molecular weight excluding hydrogens is 362 g/mol. The van der Waals surface area contributed by atoms with Crippen molar-refractivity contribution in [1.82, 2.24) is 9.80 Å². The normalized spacial score (nSPS) is 14.9. The lowest BCUT2D eigenvalue weighted by Gasteiger charge is -2.35. The van der Waals surface area contributed by atoms with E-state index >= 15 is 0 Å². The Balaban J connectivity index is 1.63. The molecule has 1 heterocycles. The highest BCUT2D eigenvalue weighted by atomic mass is 19.1. The zero-order chi connectivity index (χ0) is 20.5. The summed E-state index contributed by atoms with van der Waals surface area (Å²) in [5, 5.41) is 0. The second kappa shape index (κ2) is 7.70. The summed E-state index contributed by atoms with van der Waals surface area (Å²) in [6.45, 7) is 7.70. The van der Waals surface area contributed by atoms with Gasteiger partial charge >= 0.3 is 0 Å². The number of carbonyl (C=O) groups is 2. The maximum absolute atomic E-state index is 13.8. The van der Waals surface area contributed by atoms with Gasteiger partial charge in [0.25, 0.3) is 11.8 Å². The van der Waals surface area contributed by atoms with Crippen molar-refractivity contribution in [3.8, 4) is 0 Å². The average Bonchev–Trinajstić information content (AvgIpc) is 2.66. The standard InChI is InChI=1S/C22H24F2N2O2/c1-22(2,3)16-6-4-15(5-7-16)20(27)25-10-12-26(13-11-25)21(28)18-9-8-17(23)14-19(18)24/h4-9,14H,10-13H2,1-3H3. The Morgan fingerprint density at radius 2 is 1.36 bits per heavy atom. The van der Waals surface area contributed by atoms with Gasteiger partial charge in [0.1, 0.15) is 11.6 Å². The molecule has 0 N–H and O–H groups in total. The van der Waals surface area contributed by atoms with Crippen molar-refractivity contribution in [2.24, 2.45) is 0 Å². The molecule has 2 amide bonds. The van der Waals surface area contributed by atoms with Crippen LogP contribution in [0.3, 0.4) is 0 Å². The summed E-state index contributed by atoms with van der Waals surface area (Å²) in [5.41, 5.74) is 1.63. The number of halogens is 2. The van der Waals surface area contributed by atoms with Gasteiger partial charge < -0.3 is 9.80 Å². The van der Waals surface area contributed by atoms with Crippen molar-refractivity contribution < 1.29 is 18.4 Å². The zero-order valence-electron chi connectivity index (χ0n) is 16.3. The first-order valence-electron chi connectivity index (χ1n) is 9.31. The summed E-state index contributed by atoms with van der Waals surface area (Å²) in [4.78, 5) is 28.4. The molecule has 2 aromatic rings. The fraction of sp³-hybridized carbons (Fsp3) is 0.364. The average molecular weight is 386 g/mol. The highest BCUT2D eigenvalue weighted by molar-refractivity contribution is 5.96. The molecule has 4 nitrogen and oxygen atoms in total. The van der Waals surface area contributed by atoms with Crippen molar-refractivity contribution in [2.75, 3.05) is 26.2 Å². The maximum Gasteiger partial charge on any atom is 0.256 e. The summed E-state index contributed by atoms with van der Waals surface area (Å²) < 4.78 is 26.9. The molecule has 0 saturated carbocycles. The molecule has 1 aliphatic heterocycles. The topological polar surface area (TPSA) is 40.6 Å². The van der Waals surface area contributed by atoms with Crippen LogP contribution in [0.25, 0.3) is 0 Å². The minimum absolute atomic E-state index is 0.0171. The SMILES string of the molecule is CC(C)(C)c1ccc(C(=O)N2CCN(C(=O)c3ccc(F)cc3F)CC2)cc1. The number of nitrogens with zero attached hydrogens (tertiary/aromatic N) is 2. The lowest BCUT2D eigenvalue weighted by molar-refractivity contribution is 0.0532. The van der Waals surface area contributed by atoms with E-state index in [0.717, 1.165) is 17.7 Å². The predicted molar refractivity (Wildman–Crippen MR) is 103 cm³/mol. The van der Waals surface area contributed by atoms with E-state index in [0.29, 0.717) is 37.8 Å². The Kier molecular flexibility index (Phi) is 5.49. The van der Waals surface area contributed by atoms with E-state index in [4.69, 9.17) is 0 Å². The molecule has 0 radical (unpaired) electrons. The number of rotatable bonds is 2. The molecule has 0 bridgehead atoms. The summed E-state index contributed by atoms with van der Waals surface area (Å²) >= 11 is 0. The largest absolute Gasteiger partial charge is 0.335 e. The van der Waals surface area contributed by atoms with Crippen LogP contribution in [0.1, 0.15) is 47.1 Å². The van der Waals surface area contributed by atoms with Crippen LogP contribution < -0.4 is 0 Å². The second-order valence-electron chi connectivity index (χ2n) is 8.04. The first-order valence-corrected chi connectivity index (χ1v) is 9.31. The number of hydrogen-bond acceptors (Lipinski definition) is 2. The molecule has 1 saturated heterocycles. The molecular formula is C22H24F2N2O2. The van der Waals surface area contributed by atoms with E-state index in [1.165, 1.54) is 4.90 Å². The molecule has 148 valence electrons. The molecule has 1 fully saturated rings. The molecule has 0 aliphatic carbocycles. The summed E-state index contributed by atoms with van der Waals surface area (Å²) in [5.74, 6) is -2.16. The van der Waals surface area contributed by atoms with E-state index in [1.807, 2.05) is 24.3 Å². The van der Waals surface area contributed by atoms with E-state index in [-0.39, 0.29) is 16.9 Å². The van der Waals surface area contributed by atoms with Crippen LogP contribution in [0.2, 0.25) is 0 Å². The Hall–Kier alpha value is -2.76. The third kappa shape index (κ3) is 4.21. The smallest absolute Gasteiger partial charge is 0.256 e. The summed E-state index contributed by atoms with van der Waals surface area (Å²) in [6.07, 6.45) is 0. The van der Waals surface area contributed by atoms with Gasteiger partial charge in [-0.1, -0.05) is 32.9 Å². The van der Waals surface area contributed by atoms with Crippen molar-refractivity contribution in [1.29, 1.82) is 0 Å².